The summed E-state index contributed by atoms with van der Waals surface area (Å²) in [6.45, 7) is 2.07. The zero-order valence-corrected chi connectivity index (χ0v) is 14.1. The maximum absolute atomic E-state index is 12.2. The van der Waals surface area contributed by atoms with E-state index >= 15 is 0 Å². The highest BCUT2D eigenvalue weighted by Crippen LogP contribution is 2.35. The van der Waals surface area contributed by atoms with Crippen molar-refractivity contribution in [2.45, 2.75) is 18.4 Å². The predicted molar refractivity (Wildman–Crippen MR) is 87.8 cm³/mol. The van der Waals surface area contributed by atoms with Gasteiger partial charge in [0.05, 0.1) is 5.75 Å². The third-order valence-corrected chi connectivity index (χ3v) is 6.32. The molecule has 0 atom stereocenters. The molecule has 114 valence electrons. The average molecular weight is 346 g/mol. The van der Waals surface area contributed by atoms with Crippen LogP contribution in [0.15, 0.2) is 29.2 Å². The van der Waals surface area contributed by atoms with Crippen LogP contribution in [0.1, 0.15) is 12.5 Å². The van der Waals surface area contributed by atoms with Crippen LogP contribution in [-0.2, 0) is 16.4 Å². The molecule has 0 aliphatic heterocycles. The quantitative estimate of drug-likeness (QED) is 0.901. The molecule has 0 unspecified atom stereocenters. The maximum atomic E-state index is 12.2. The van der Waals surface area contributed by atoms with Crippen LogP contribution in [0.3, 0.4) is 0 Å². The van der Waals surface area contributed by atoms with E-state index in [4.69, 9.17) is 17.3 Å². The van der Waals surface area contributed by atoms with E-state index < -0.39 is 9.84 Å². The van der Waals surface area contributed by atoms with E-state index in [1.807, 2.05) is 18.2 Å². The minimum Gasteiger partial charge on any atom is -0.382 e. The number of benzene rings is 1. The summed E-state index contributed by atoms with van der Waals surface area (Å²) in [4.78, 5) is 1.92. The zero-order chi connectivity index (χ0) is 15.6. The highest BCUT2D eigenvalue weighted by atomic mass is 35.5. The summed E-state index contributed by atoms with van der Waals surface area (Å²) in [6.07, 6.45) is 0. The van der Waals surface area contributed by atoms with E-state index in [0.29, 0.717) is 16.6 Å². The first-order valence-corrected chi connectivity index (χ1v) is 9.09. The van der Waals surface area contributed by atoms with Crippen molar-refractivity contribution >= 4 is 43.8 Å². The first-order valence-electron chi connectivity index (χ1n) is 6.29. The van der Waals surface area contributed by atoms with Gasteiger partial charge >= 0.3 is 0 Å². The van der Waals surface area contributed by atoms with E-state index in [1.54, 1.807) is 24.9 Å². The Morgan fingerprint density at radius 2 is 2.05 bits per heavy atom. The molecule has 2 aromatic rings. The molecule has 21 heavy (non-hydrogen) atoms. The van der Waals surface area contributed by atoms with E-state index in [-0.39, 0.29) is 16.5 Å². The number of nitrogen functional groups attached to an aromatic ring is 1. The van der Waals surface area contributed by atoms with Crippen LogP contribution >= 0.6 is 23.1 Å². The number of nitrogens with two attached hydrogens (primary N) is 1. The molecule has 0 saturated carbocycles. The van der Waals surface area contributed by atoms with Gasteiger partial charge in [-0.1, -0.05) is 36.7 Å². The van der Waals surface area contributed by atoms with Crippen molar-refractivity contribution in [3.8, 4) is 0 Å². The second-order valence-electron chi connectivity index (χ2n) is 4.55. The number of anilines is 2. The van der Waals surface area contributed by atoms with Crippen molar-refractivity contribution in [1.82, 2.24) is 4.37 Å². The van der Waals surface area contributed by atoms with Gasteiger partial charge in [0.25, 0.3) is 0 Å². The molecule has 8 heteroatoms. The summed E-state index contributed by atoms with van der Waals surface area (Å²) in [7, 11) is -1.62. The van der Waals surface area contributed by atoms with E-state index in [0.717, 1.165) is 17.1 Å². The van der Waals surface area contributed by atoms with Crippen LogP contribution in [0, 0.1) is 0 Å². The second-order valence-corrected chi connectivity index (χ2v) is 7.93. The van der Waals surface area contributed by atoms with Gasteiger partial charge in [0.1, 0.15) is 9.90 Å². The molecule has 0 spiro atoms. The number of hydrogen-bond acceptors (Lipinski definition) is 6. The Morgan fingerprint density at radius 3 is 2.67 bits per heavy atom. The molecule has 1 aromatic heterocycles. The average Bonchev–Trinajstić information content (AvgIpc) is 2.84. The molecular formula is C13H16ClN3O2S2. The maximum Gasteiger partial charge on any atom is 0.184 e. The van der Waals surface area contributed by atoms with Crippen LogP contribution in [0.5, 0.6) is 0 Å². The lowest BCUT2D eigenvalue weighted by Gasteiger charge is -2.19. The fourth-order valence-electron chi connectivity index (χ4n) is 1.92. The fourth-order valence-corrected chi connectivity index (χ4v) is 4.41. The largest absolute Gasteiger partial charge is 0.382 e. The molecule has 5 nitrogen and oxygen atoms in total. The van der Waals surface area contributed by atoms with E-state index in [1.165, 1.54) is 0 Å². The van der Waals surface area contributed by atoms with Gasteiger partial charge in [-0.3, -0.25) is 0 Å². The van der Waals surface area contributed by atoms with Crippen LogP contribution < -0.4 is 10.6 Å². The Morgan fingerprint density at radius 1 is 1.38 bits per heavy atom. The highest BCUT2D eigenvalue weighted by Gasteiger charge is 2.26. The Bertz CT molecular complexity index is 744. The van der Waals surface area contributed by atoms with Crippen LogP contribution in [0.2, 0.25) is 5.02 Å². The highest BCUT2D eigenvalue weighted by molar-refractivity contribution is 7.91. The standard InChI is InChI=1S/C13H16ClN3O2S2/c1-3-21(18,19)11-12(15)16-20-13(11)17(2)8-9-6-4-5-7-10(9)14/h4-7H,3,8H2,1-2H3,(H2,15,16). The Balaban J connectivity index is 2.37. The van der Waals surface area contributed by atoms with Crippen molar-refractivity contribution in [3.63, 3.8) is 0 Å². The number of nitrogens with zero attached hydrogens (tertiary/aromatic N) is 2. The van der Waals surface area contributed by atoms with Crippen LogP contribution in [0.4, 0.5) is 10.8 Å². The molecule has 2 rings (SSSR count). The minimum atomic E-state index is -3.42. The van der Waals surface area contributed by atoms with Gasteiger partial charge in [-0.15, -0.1) is 0 Å². The number of sulfone groups is 1. The number of rotatable bonds is 5. The molecule has 0 amide bonds. The van der Waals surface area contributed by atoms with Gasteiger partial charge in [-0.25, -0.2) is 8.42 Å². The van der Waals surface area contributed by atoms with Gasteiger partial charge in [0, 0.05) is 18.6 Å². The van der Waals surface area contributed by atoms with Gasteiger partial charge in [0.15, 0.2) is 15.7 Å². The van der Waals surface area contributed by atoms with Gasteiger partial charge in [-0.2, -0.15) is 4.37 Å². The lowest BCUT2D eigenvalue weighted by atomic mass is 10.2. The molecular weight excluding hydrogens is 330 g/mol. The Hall–Kier alpha value is -1.31. The molecule has 0 fully saturated rings. The topological polar surface area (TPSA) is 76.3 Å². The molecule has 1 aromatic carbocycles. The number of hydrogen-bond donors (Lipinski definition) is 1. The third kappa shape index (κ3) is 3.30. The molecule has 0 aliphatic rings. The smallest absolute Gasteiger partial charge is 0.184 e. The Kier molecular flexibility index (Phi) is 4.75. The first-order chi connectivity index (χ1) is 9.86. The monoisotopic (exact) mass is 345 g/mol. The Labute approximate surface area is 133 Å². The molecule has 1 heterocycles. The van der Waals surface area contributed by atoms with Gasteiger partial charge in [0.2, 0.25) is 0 Å². The van der Waals surface area contributed by atoms with Crippen molar-refractivity contribution in [3.05, 3.63) is 34.9 Å². The molecule has 0 saturated heterocycles. The van der Waals surface area contributed by atoms with E-state index in [2.05, 4.69) is 4.37 Å². The summed E-state index contributed by atoms with van der Waals surface area (Å²) in [6, 6.07) is 7.44. The predicted octanol–water partition coefficient (Wildman–Crippen LogP) is 2.81. The van der Waals surface area contributed by atoms with Crippen molar-refractivity contribution in [2.75, 3.05) is 23.4 Å². The molecule has 2 N–H and O–H groups in total. The summed E-state index contributed by atoms with van der Waals surface area (Å²) < 4.78 is 28.3. The number of aromatic nitrogens is 1. The van der Waals surface area contributed by atoms with Crippen molar-refractivity contribution < 1.29 is 8.42 Å². The fraction of sp³-hybridized carbons (Fsp3) is 0.308. The summed E-state index contributed by atoms with van der Waals surface area (Å²) in [5, 5.41) is 1.18. The molecule has 0 radical (unpaired) electrons. The zero-order valence-electron chi connectivity index (χ0n) is 11.7. The lowest BCUT2D eigenvalue weighted by molar-refractivity contribution is 0.597. The number of halogens is 1. The molecule has 0 bridgehead atoms. The first kappa shape index (κ1) is 16.1. The minimum absolute atomic E-state index is 0.0114. The van der Waals surface area contributed by atoms with Crippen molar-refractivity contribution in [1.29, 1.82) is 0 Å². The lowest BCUT2D eigenvalue weighted by Crippen LogP contribution is -2.19. The normalized spacial score (nSPS) is 11.6. The molecule has 0 aliphatic carbocycles. The van der Waals surface area contributed by atoms with E-state index in [9.17, 15) is 8.42 Å². The van der Waals surface area contributed by atoms with Gasteiger partial charge < -0.3 is 10.6 Å². The SMILES string of the molecule is CCS(=O)(=O)c1c(N)nsc1N(C)Cc1ccccc1Cl. The van der Waals surface area contributed by atoms with Gasteiger partial charge in [-0.05, 0) is 23.2 Å². The van der Waals surface area contributed by atoms with Crippen molar-refractivity contribution in [2.24, 2.45) is 0 Å². The second kappa shape index (κ2) is 6.21. The van der Waals surface area contributed by atoms with Crippen LogP contribution in [-0.4, -0.2) is 25.6 Å². The summed E-state index contributed by atoms with van der Waals surface area (Å²) in [5.74, 6) is 0.0468. The summed E-state index contributed by atoms with van der Waals surface area (Å²) in [5.41, 5.74) is 6.64. The third-order valence-electron chi connectivity index (χ3n) is 3.06. The summed E-state index contributed by atoms with van der Waals surface area (Å²) >= 11 is 7.22. The van der Waals surface area contributed by atoms with Crippen LogP contribution in [0.25, 0.3) is 0 Å².